The zero-order valence-corrected chi connectivity index (χ0v) is 8.43. The summed E-state index contributed by atoms with van der Waals surface area (Å²) in [5.74, 6) is 1.11. The van der Waals surface area contributed by atoms with Gasteiger partial charge in [0.1, 0.15) is 6.54 Å². The molecule has 13 heavy (non-hydrogen) atoms. The van der Waals surface area contributed by atoms with Gasteiger partial charge in [-0.15, -0.1) is 0 Å². The maximum absolute atomic E-state index is 11.2. The van der Waals surface area contributed by atoms with Crippen LogP contribution in [-0.2, 0) is 14.3 Å². The van der Waals surface area contributed by atoms with Crippen LogP contribution in [0.5, 0.6) is 0 Å². The Morgan fingerprint density at radius 3 is 3.08 bits per heavy atom. The number of amides is 1. The van der Waals surface area contributed by atoms with Crippen molar-refractivity contribution in [3.63, 3.8) is 0 Å². The average Bonchev–Trinajstić information content (AvgIpc) is 2.09. The smallest absolute Gasteiger partial charge is 0.325 e. The van der Waals surface area contributed by atoms with E-state index >= 15 is 0 Å². The lowest BCUT2D eigenvalue weighted by molar-refractivity contribution is -0.148. The van der Waals surface area contributed by atoms with E-state index in [9.17, 15) is 9.59 Å². The standard InChI is InChI=1S/C8H13NO3S/c1-2-12-8(11)5-9-3-4-13-6-7(9)10/h2-6H2,1H3. The zero-order valence-electron chi connectivity index (χ0n) is 7.62. The minimum absolute atomic E-state index is 0.0318. The molecule has 1 heterocycles. The summed E-state index contributed by atoms with van der Waals surface area (Å²) in [5.41, 5.74) is 0. The molecule has 0 aliphatic carbocycles. The second-order valence-corrected chi connectivity index (χ2v) is 3.78. The fraction of sp³-hybridized carbons (Fsp3) is 0.750. The number of hydrogen-bond acceptors (Lipinski definition) is 4. The number of carbonyl (C=O) groups is 2. The predicted molar refractivity (Wildman–Crippen MR) is 50.5 cm³/mol. The van der Waals surface area contributed by atoms with Gasteiger partial charge in [0, 0.05) is 12.3 Å². The highest BCUT2D eigenvalue weighted by molar-refractivity contribution is 8.00. The highest BCUT2D eigenvalue weighted by Crippen LogP contribution is 2.10. The van der Waals surface area contributed by atoms with E-state index in [-0.39, 0.29) is 18.4 Å². The lowest BCUT2D eigenvalue weighted by Gasteiger charge is -2.25. The van der Waals surface area contributed by atoms with Crippen LogP contribution in [0.2, 0.25) is 0 Å². The van der Waals surface area contributed by atoms with E-state index in [0.29, 0.717) is 18.9 Å². The summed E-state index contributed by atoms with van der Waals surface area (Å²) in [5, 5.41) is 0. The van der Waals surface area contributed by atoms with Crippen molar-refractivity contribution in [2.24, 2.45) is 0 Å². The third-order valence-electron chi connectivity index (χ3n) is 1.71. The Kier molecular flexibility index (Phi) is 4.08. The highest BCUT2D eigenvalue weighted by atomic mass is 32.2. The minimum Gasteiger partial charge on any atom is -0.465 e. The van der Waals surface area contributed by atoms with E-state index in [2.05, 4.69) is 0 Å². The van der Waals surface area contributed by atoms with Crippen LogP contribution in [0.3, 0.4) is 0 Å². The molecular weight excluding hydrogens is 190 g/mol. The molecule has 4 nitrogen and oxygen atoms in total. The Bertz CT molecular complexity index is 208. The summed E-state index contributed by atoms with van der Waals surface area (Å²) < 4.78 is 4.75. The van der Waals surface area contributed by atoms with Gasteiger partial charge >= 0.3 is 5.97 Å². The second-order valence-electron chi connectivity index (χ2n) is 2.67. The van der Waals surface area contributed by atoms with Gasteiger partial charge in [-0.2, -0.15) is 11.8 Å². The van der Waals surface area contributed by atoms with Crippen molar-refractivity contribution < 1.29 is 14.3 Å². The van der Waals surface area contributed by atoms with Gasteiger partial charge in [0.05, 0.1) is 12.4 Å². The first-order valence-corrected chi connectivity index (χ1v) is 5.40. The zero-order chi connectivity index (χ0) is 9.68. The van der Waals surface area contributed by atoms with E-state index in [1.165, 1.54) is 0 Å². The van der Waals surface area contributed by atoms with E-state index in [0.717, 1.165) is 5.75 Å². The third-order valence-corrected chi connectivity index (χ3v) is 2.63. The quantitative estimate of drug-likeness (QED) is 0.611. The monoisotopic (exact) mass is 203 g/mol. The molecule has 0 bridgehead atoms. The van der Waals surface area contributed by atoms with Gasteiger partial charge < -0.3 is 9.64 Å². The second kappa shape index (κ2) is 5.11. The minimum atomic E-state index is -0.317. The molecule has 1 aliphatic rings. The van der Waals surface area contributed by atoms with Crippen molar-refractivity contribution in [2.75, 3.05) is 31.2 Å². The van der Waals surface area contributed by atoms with Crippen LogP contribution in [0.15, 0.2) is 0 Å². The highest BCUT2D eigenvalue weighted by Gasteiger charge is 2.20. The number of esters is 1. The Morgan fingerprint density at radius 2 is 2.46 bits per heavy atom. The number of rotatable bonds is 3. The first-order chi connectivity index (χ1) is 6.24. The number of hydrogen-bond donors (Lipinski definition) is 0. The topological polar surface area (TPSA) is 46.6 Å². The van der Waals surface area contributed by atoms with Gasteiger partial charge in [-0.05, 0) is 6.92 Å². The fourth-order valence-corrected chi connectivity index (χ4v) is 1.93. The molecule has 74 valence electrons. The van der Waals surface area contributed by atoms with E-state index < -0.39 is 0 Å². The van der Waals surface area contributed by atoms with Gasteiger partial charge in [0.25, 0.3) is 0 Å². The summed E-state index contributed by atoms with van der Waals surface area (Å²) in [6.07, 6.45) is 0. The van der Waals surface area contributed by atoms with E-state index in [1.54, 1.807) is 23.6 Å². The van der Waals surface area contributed by atoms with Crippen LogP contribution in [-0.4, -0.2) is 48.0 Å². The molecule has 0 spiro atoms. The molecule has 0 saturated carbocycles. The molecular formula is C8H13NO3S. The maximum Gasteiger partial charge on any atom is 0.325 e. The molecule has 0 aromatic rings. The van der Waals surface area contributed by atoms with Gasteiger partial charge in [-0.3, -0.25) is 9.59 Å². The van der Waals surface area contributed by atoms with Crippen LogP contribution in [0.25, 0.3) is 0 Å². The van der Waals surface area contributed by atoms with Crippen LogP contribution in [0.1, 0.15) is 6.92 Å². The number of ether oxygens (including phenoxy) is 1. The Balaban J connectivity index is 2.33. The number of carbonyl (C=O) groups excluding carboxylic acids is 2. The lowest BCUT2D eigenvalue weighted by Crippen LogP contribution is -2.41. The molecule has 1 aliphatic heterocycles. The van der Waals surface area contributed by atoms with E-state index in [1.807, 2.05) is 0 Å². The predicted octanol–water partition coefficient (Wildman–Crippen LogP) is 0.125. The molecule has 1 saturated heterocycles. The van der Waals surface area contributed by atoms with Crippen molar-refractivity contribution in [1.29, 1.82) is 0 Å². The summed E-state index contributed by atoms with van der Waals surface area (Å²) in [4.78, 5) is 23.8. The van der Waals surface area contributed by atoms with Gasteiger partial charge in [0.2, 0.25) is 5.91 Å². The Hall–Kier alpha value is -0.710. The van der Waals surface area contributed by atoms with Crippen LogP contribution in [0, 0.1) is 0 Å². The van der Waals surface area contributed by atoms with Gasteiger partial charge in [0.15, 0.2) is 0 Å². The Labute approximate surface area is 81.6 Å². The van der Waals surface area contributed by atoms with Crippen molar-refractivity contribution in [3.8, 4) is 0 Å². The molecule has 0 N–H and O–H groups in total. The van der Waals surface area contributed by atoms with Gasteiger partial charge in [-0.25, -0.2) is 0 Å². The molecule has 1 amide bonds. The summed E-state index contributed by atoms with van der Waals surface area (Å²) in [6.45, 7) is 2.89. The SMILES string of the molecule is CCOC(=O)CN1CCSCC1=O. The van der Waals surface area contributed by atoms with Crippen LogP contribution >= 0.6 is 11.8 Å². The molecule has 0 radical (unpaired) electrons. The lowest BCUT2D eigenvalue weighted by atomic mass is 10.4. The van der Waals surface area contributed by atoms with E-state index in [4.69, 9.17) is 4.74 Å². The third kappa shape index (κ3) is 3.26. The molecule has 5 heteroatoms. The molecule has 0 aromatic carbocycles. The normalized spacial score (nSPS) is 17.3. The summed E-state index contributed by atoms with van der Waals surface area (Å²) in [7, 11) is 0. The number of thioether (sulfide) groups is 1. The molecule has 1 fully saturated rings. The first-order valence-electron chi connectivity index (χ1n) is 4.25. The molecule has 0 atom stereocenters. The largest absolute Gasteiger partial charge is 0.465 e. The van der Waals surface area contributed by atoms with Crippen molar-refractivity contribution in [1.82, 2.24) is 4.90 Å². The number of nitrogens with zero attached hydrogens (tertiary/aromatic N) is 1. The van der Waals surface area contributed by atoms with Crippen molar-refractivity contribution >= 4 is 23.6 Å². The average molecular weight is 203 g/mol. The van der Waals surface area contributed by atoms with Gasteiger partial charge in [-0.1, -0.05) is 0 Å². The molecule has 0 aromatic heterocycles. The maximum atomic E-state index is 11.2. The van der Waals surface area contributed by atoms with Crippen LogP contribution in [0.4, 0.5) is 0 Å². The first kappa shape index (κ1) is 10.4. The molecule has 1 rings (SSSR count). The van der Waals surface area contributed by atoms with Crippen LogP contribution < -0.4 is 0 Å². The van der Waals surface area contributed by atoms with Crippen molar-refractivity contribution in [2.45, 2.75) is 6.92 Å². The fourth-order valence-electron chi connectivity index (χ4n) is 1.08. The summed E-state index contributed by atoms with van der Waals surface area (Å²) in [6, 6.07) is 0. The van der Waals surface area contributed by atoms with Crippen molar-refractivity contribution in [3.05, 3.63) is 0 Å². The summed E-state index contributed by atoms with van der Waals surface area (Å²) >= 11 is 1.60. The Morgan fingerprint density at radius 1 is 1.69 bits per heavy atom. The molecule has 0 unspecified atom stereocenters.